The molecule has 0 atom stereocenters. The number of amides is 1. The Bertz CT molecular complexity index is 672. The average Bonchev–Trinajstić information content (AvgIpc) is 2.81. The molecule has 1 aliphatic rings. The fourth-order valence-corrected chi connectivity index (χ4v) is 2.56. The van der Waals surface area contributed by atoms with Crippen molar-refractivity contribution in [2.24, 2.45) is 0 Å². The van der Waals surface area contributed by atoms with Crippen molar-refractivity contribution in [2.75, 3.05) is 13.1 Å². The van der Waals surface area contributed by atoms with Gasteiger partial charge in [-0.25, -0.2) is 4.39 Å². The van der Waals surface area contributed by atoms with Gasteiger partial charge in [0, 0.05) is 42.7 Å². The van der Waals surface area contributed by atoms with Crippen molar-refractivity contribution >= 4 is 22.4 Å². The molecule has 1 N–H and O–H groups in total. The predicted octanol–water partition coefficient (Wildman–Crippen LogP) is 2.94. The van der Waals surface area contributed by atoms with Crippen LogP contribution in [0.3, 0.4) is 0 Å². The van der Waals surface area contributed by atoms with Crippen LogP contribution in [0, 0.1) is 5.82 Å². The summed E-state index contributed by atoms with van der Waals surface area (Å²) in [5.41, 5.74) is 3.15. The fraction of sp³-hybridized carbons (Fsp3) is 0.267. The van der Waals surface area contributed by atoms with Crippen LogP contribution >= 0.6 is 0 Å². The van der Waals surface area contributed by atoms with Gasteiger partial charge in [0.2, 0.25) is 5.91 Å². The van der Waals surface area contributed by atoms with Gasteiger partial charge in [-0.05, 0) is 30.2 Å². The van der Waals surface area contributed by atoms with Gasteiger partial charge in [-0.2, -0.15) is 0 Å². The Kier molecular flexibility index (Phi) is 2.85. The smallest absolute Gasteiger partial charge is 0.219 e. The van der Waals surface area contributed by atoms with Gasteiger partial charge in [0.15, 0.2) is 0 Å². The Hall–Kier alpha value is -2.10. The number of carbonyl (C=O) groups is 1. The topological polar surface area (TPSA) is 36.1 Å². The van der Waals surface area contributed by atoms with E-state index in [-0.39, 0.29) is 11.7 Å². The summed E-state index contributed by atoms with van der Waals surface area (Å²) in [7, 11) is 0. The largest absolute Gasteiger partial charge is 0.361 e. The second kappa shape index (κ2) is 4.53. The molecule has 0 bridgehead atoms. The van der Waals surface area contributed by atoms with E-state index >= 15 is 0 Å². The zero-order valence-electron chi connectivity index (χ0n) is 10.7. The van der Waals surface area contributed by atoms with Crippen LogP contribution in [-0.2, 0) is 4.79 Å². The maximum Gasteiger partial charge on any atom is 0.219 e. The lowest BCUT2D eigenvalue weighted by Crippen LogP contribution is -2.32. The summed E-state index contributed by atoms with van der Waals surface area (Å²) in [5, 5.41) is 0.905. The van der Waals surface area contributed by atoms with Crippen molar-refractivity contribution in [1.29, 1.82) is 0 Å². The minimum atomic E-state index is -0.227. The van der Waals surface area contributed by atoms with Crippen LogP contribution in [0.15, 0.2) is 30.5 Å². The van der Waals surface area contributed by atoms with Gasteiger partial charge >= 0.3 is 0 Å². The molecule has 0 radical (unpaired) electrons. The van der Waals surface area contributed by atoms with Crippen LogP contribution in [-0.4, -0.2) is 28.9 Å². The van der Waals surface area contributed by atoms with E-state index in [0.717, 1.165) is 29.4 Å². The number of rotatable bonds is 1. The van der Waals surface area contributed by atoms with Crippen molar-refractivity contribution in [3.8, 4) is 0 Å². The van der Waals surface area contributed by atoms with E-state index in [4.69, 9.17) is 0 Å². The van der Waals surface area contributed by atoms with Crippen LogP contribution in [0.25, 0.3) is 16.5 Å². The molecular formula is C15H15FN2O. The molecule has 19 heavy (non-hydrogen) atoms. The number of fused-ring (bicyclic) bond motifs is 1. The highest BCUT2D eigenvalue weighted by atomic mass is 19.1. The highest BCUT2D eigenvalue weighted by molar-refractivity contribution is 5.93. The SMILES string of the molecule is CC(=O)N1CC=C(c2c[nH]c3ccc(F)cc23)CC1. The number of benzene rings is 1. The summed E-state index contributed by atoms with van der Waals surface area (Å²) >= 11 is 0. The Labute approximate surface area is 110 Å². The number of aromatic amines is 1. The molecule has 1 amide bonds. The van der Waals surface area contributed by atoms with E-state index in [2.05, 4.69) is 11.1 Å². The molecule has 0 fully saturated rings. The summed E-state index contributed by atoms with van der Waals surface area (Å²) < 4.78 is 13.3. The molecule has 2 heterocycles. The molecule has 3 rings (SSSR count). The summed E-state index contributed by atoms with van der Waals surface area (Å²) in [6.07, 6.45) is 4.78. The quantitative estimate of drug-likeness (QED) is 0.838. The number of halogens is 1. The van der Waals surface area contributed by atoms with Gasteiger partial charge in [0.1, 0.15) is 5.82 Å². The van der Waals surface area contributed by atoms with Crippen LogP contribution in [0.1, 0.15) is 18.9 Å². The monoisotopic (exact) mass is 258 g/mol. The first-order valence-corrected chi connectivity index (χ1v) is 6.37. The molecular weight excluding hydrogens is 243 g/mol. The first kappa shape index (κ1) is 12.0. The van der Waals surface area contributed by atoms with E-state index in [1.165, 1.54) is 11.6 Å². The summed E-state index contributed by atoms with van der Waals surface area (Å²) in [6.45, 7) is 2.94. The highest BCUT2D eigenvalue weighted by Crippen LogP contribution is 2.29. The minimum Gasteiger partial charge on any atom is -0.361 e. The van der Waals surface area contributed by atoms with Crippen LogP contribution < -0.4 is 0 Å². The molecule has 3 nitrogen and oxygen atoms in total. The minimum absolute atomic E-state index is 0.0975. The Morgan fingerprint density at radius 2 is 2.26 bits per heavy atom. The van der Waals surface area contributed by atoms with Crippen molar-refractivity contribution in [3.63, 3.8) is 0 Å². The number of aromatic nitrogens is 1. The predicted molar refractivity (Wildman–Crippen MR) is 73.1 cm³/mol. The van der Waals surface area contributed by atoms with E-state index in [0.29, 0.717) is 6.54 Å². The number of nitrogens with zero attached hydrogens (tertiary/aromatic N) is 1. The van der Waals surface area contributed by atoms with Gasteiger partial charge in [-0.15, -0.1) is 0 Å². The zero-order valence-corrected chi connectivity index (χ0v) is 10.7. The molecule has 0 unspecified atom stereocenters. The Balaban J connectivity index is 1.97. The molecule has 0 spiro atoms. The highest BCUT2D eigenvalue weighted by Gasteiger charge is 2.17. The molecule has 0 saturated carbocycles. The van der Waals surface area contributed by atoms with Gasteiger partial charge in [0.25, 0.3) is 0 Å². The van der Waals surface area contributed by atoms with Crippen LogP contribution in [0.5, 0.6) is 0 Å². The molecule has 2 aromatic rings. The van der Waals surface area contributed by atoms with Crippen molar-refractivity contribution in [3.05, 3.63) is 41.9 Å². The fourth-order valence-electron chi connectivity index (χ4n) is 2.56. The van der Waals surface area contributed by atoms with Gasteiger partial charge in [-0.1, -0.05) is 6.08 Å². The van der Waals surface area contributed by atoms with Gasteiger partial charge < -0.3 is 9.88 Å². The second-order valence-corrected chi connectivity index (χ2v) is 4.84. The number of hydrogen-bond acceptors (Lipinski definition) is 1. The summed E-state index contributed by atoms with van der Waals surface area (Å²) in [6, 6.07) is 4.76. The third-order valence-electron chi connectivity index (χ3n) is 3.64. The number of H-pyrrole nitrogens is 1. The van der Waals surface area contributed by atoms with E-state index < -0.39 is 0 Å². The lowest BCUT2D eigenvalue weighted by atomic mass is 9.99. The maximum atomic E-state index is 13.3. The van der Waals surface area contributed by atoms with Crippen molar-refractivity contribution in [1.82, 2.24) is 9.88 Å². The normalized spacial score (nSPS) is 15.7. The van der Waals surface area contributed by atoms with E-state index in [1.54, 1.807) is 24.0 Å². The zero-order chi connectivity index (χ0) is 13.4. The van der Waals surface area contributed by atoms with E-state index in [1.807, 2.05) is 6.20 Å². The molecule has 1 aliphatic heterocycles. The number of hydrogen-bond donors (Lipinski definition) is 1. The maximum absolute atomic E-state index is 13.3. The Morgan fingerprint density at radius 3 is 2.95 bits per heavy atom. The Morgan fingerprint density at radius 1 is 1.42 bits per heavy atom. The molecule has 0 aliphatic carbocycles. The first-order chi connectivity index (χ1) is 9.15. The summed E-state index contributed by atoms with van der Waals surface area (Å²) in [5.74, 6) is -0.129. The molecule has 98 valence electrons. The molecule has 0 saturated heterocycles. The number of nitrogens with one attached hydrogen (secondary N) is 1. The van der Waals surface area contributed by atoms with Crippen LogP contribution in [0.2, 0.25) is 0 Å². The third-order valence-corrected chi connectivity index (χ3v) is 3.64. The molecule has 1 aromatic heterocycles. The van der Waals surface area contributed by atoms with Gasteiger partial charge in [-0.3, -0.25) is 4.79 Å². The number of carbonyl (C=O) groups excluding carboxylic acids is 1. The van der Waals surface area contributed by atoms with Crippen molar-refractivity contribution < 1.29 is 9.18 Å². The van der Waals surface area contributed by atoms with Crippen molar-refractivity contribution in [2.45, 2.75) is 13.3 Å². The third kappa shape index (κ3) is 2.14. The second-order valence-electron chi connectivity index (χ2n) is 4.84. The van der Waals surface area contributed by atoms with E-state index in [9.17, 15) is 9.18 Å². The first-order valence-electron chi connectivity index (χ1n) is 6.37. The molecule has 1 aromatic carbocycles. The lowest BCUT2D eigenvalue weighted by molar-refractivity contribution is -0.128. The van der Waals surface area contributed by atoms with Gasteiger partial charge in [0.05, 0.1) is 0 Å². The standard InChI is InChI=1S/C15H15FN2O/c1-10(19)18-6-4-11(5-7-18)14-9-17-15-3-2-12(16)8-13(14)15/h2-4,8-9,17H,5-7H2,1H3. The lowest BCUT2D eigenvalue weighted by Gasteiger charge is -2.25. The molecule has 4 heteroatoms. The summed E-state index contributed by atoms with van der Waals surface area (Å²) in [4.78, 5) is 16.3. The average molecular weight is 258 g/mol. The van der Waals surface area contributed by atoms with Crippen LogP contribution in [0.4, 0.5) is 4.39 Å².